The first-order valence-electron chi connectivity index (χ1n) is 12.6. The Morgan fingerprint density at radius 1 is 0.946 bits per heavy atom. The maximum Gasteiger partial charge on any atom is 0.240 e. The van der Waals surface area contributed by atoms with Gasteiger partial charge in [-0.05, 0) is 76.9 Å². The van der Waals surface area contributed by atoms with Gasteiger partial charge in [-0.3, -0.25) is 9.78 Å². The molecule has 5 nitrogen and oxygen atoms in total. The van der Waals surface area contributed by atoms with Gasteiger partial charge in [-0.15, -0.1) is 0 Å². The molecule has 1 atom stereocenters. The Kier molecular flexibility index (Phi) is 7.39. The fraction of sp³-hybridized carbons (Fsp3) is 0.219. The molecule has 0 spiro atoms. The molecule has 1 amide bonds. The lowest BCUT2D eigenvalue weighted by atomic mass is 9.99. The van der Waals surface area contributed by atoms with Crippen LogP contribution in [0, 0.1) is 18.3 Å². The number of rotatable bonds is 7. The van der Waals surface area contributed by atoms with E-state index >= 15 is 0 Å². The number of carbonyl (C=O) groups excluding carboxylic acids is 1. The van der Waals surface area contributed by atoms with Gasteiger partial charge < -0.3 is 10.2 Å². The van der Waals surface area contributed by atoms with Gasteiger partial charge in [0.25, 0.3) is 0 Å². The van der Waals surface area contributed by atoms with Crippen molar-refractivity contribution in [3.05, 3.63) is 136 Å². The molecule has 5 rings (SSSR count). The summed E-state index contributed by atoms with van der Waals surface area (Å²) in [5.41, 5.74) is 8.80. The number of carbonyl (C=O) groups is 1. The van der Waals surface area contributed by atoms with Crippen LogP contribution >= 0.6 is 0 Å². The minimum atomic E-state index is -0.323. The molecule has 0 saturated heterocycles. The highest BCUT2D eigenvalue weighted by atomic mass is 16.2. The average molecular weight is 487 g/mol. The first-order chi connectivity index (χ1) is 18.1. The number of nitriles is 1. The molecule has 1 aliphatic rings. The number of hydrogen-bond acceptors (Lipinski definition) is 4. The second kappa shape index (κ2) is 11.2. The van der Waals surface area contributed by atoms with Gasteiger partial charge in [0.05, 0.1) is 17.7 Å². The molecule has 184 valence electrons. The predicted molar refractivity (Wildman–Crippen MR) is 144 cm³/mol. The molecule has 3 aromatic carbocycles. The van der Waals surface area contributed by atoms with Gasteiger partial charge in [0.15, 0.2) is 0 Å². The van der Waals surface area contributed by atoms with Crippen LogP contribution in [-0.4, -0.2) is 21.8 Å². The summed E-state index contributed by atoms with van der Waals surface area (Å²) in [5, 5.41) is 12.6. The number of benzene rings is 3. The Labute approximate surface area is 218 Å². The highest BCUT2D eigenvalue weighted by Crippen LogP contribution is 2.23. The van der Waals surface area contributed by atoms with Crippen molar-refractivity contribution in [1.82, 2.24) is 15.2 Å². The summed E-state index contributed by atoms with van der Waals surface area (Å²) >= 11 is 0. The van der Waals surface area contributed by atoms with Gasteiger partial charge in [0, 0.05) is 32.0 Å². The number of nitrogens with zero attached hydrogens (tertiary/aromatic N) is 3. The van der Waals surface area contributed by atoms with Crippen molar-refractivity contribution < 1.29 is 4.79 Å². The number of amides is 1. The number of aryl methyl sites for hydroxylation is 1. The predicted octanol–water partition coefficient (Wildman–Crippen LogP) is 5.10. The third-order valence-electron chi connectivity index (χ3n) is 7.16. The second-order valence-corrected chi connectivity index (χ2v) is 9.66. The molecule has 1 N–H and O–H groups in total. The van der Waals surface area contributed by atoms with E-state index in [1.165, 1.54) is 22.3 Å². The van der Waals surface area contributed by atoms with Crippen molar-refractivity contribution in [3.63, 3.8) is 0 Å². The second-order valence-electron chi connectivity index (χ2n) is 9.66. The Morgan fingerprint density at radius 2 is 1.70 bits per heavy atom. The summed E-state index contributed by atoms with van der Waals surface area (Å²) in [6.07, 6.45) is 5.09. The van der Waals surface area contributed by atoms with Crippen molar-refractivity contribution in [2.75, 3.05) is 0 Å². The van der Waals surface area contributed by atoms with E-state index in [-0.39, 0.29) is 11.9 Å². The van der Waals surface area contributed by atoms with Crippen LogP contribution < -0.4 is 5.32 Å². The summed E-state index contributed by atoms with van der Waals surface area (Å²) < 4.78 is 0. The fourth-order valence-corrected chi connectivity index (χ4v) is 4.95. The van der Waals surface area contributed by atoms with E-state index in [1.807, 2.05) is 65.7 Å². The monoisotopic (exact) mass is 486 g/mol. The van der Waals surface area contributed by atoms with E-state index in [4.69, 9.17) is 5.26 Å². The van der Waals surface area contributed by atoms with Crippen molar-refractivity contribution in [3.8, 4) is 6.07 Å². The third kappa shape index (κ3) is 5.77. The number of pyridine rings is 1. The molecule has 1 unspecified atom stereocenters. The molecular formula is C32H30N4O. The van der Waals surface area contributed by atoms with Gasteiger partial charge in [0.2, 0.25) is 5.91 Å². The molecule has 4 aromatic rings. The van der Waals surface area contributed by atoms with Gasteiger partial charge in [-0.1, -0.05) is 60.7 Å². The van der Waals surface area contributed by atoms with Crippen molar-refractivity contribution in [1.29, 1.82) is 5.26 Å². The first kappa shape index (κ1) is 24.4. The minimum absolute atomic E-state index is 0.122. The number of nitrogens with one attached hydrogen (secondary N) is 1. The Bertz CT molecular complexity index is 1440. The molecule has 1 aromatic heterocycles. The number of aromatic nitrogens is 1. The summed E-state index contributed by atoms with van der Waals surface area (Å²) in [6, 6.07) is 28.2. The smallest absolute Gasteiger partial charge is 0.240 e. The molecular weight excluding hydrogens is 456 g/mol. The minimum Gasteiger partial charge on any atom is -0.333 e. The van der Waals surface area contributed by atoms with Crippen LogP contribution in [0.1, 0.15) is 44.5 Å². The van der Waals surface area contributed by atoms with Crippen LogP contribution in [-0.2, 0) is 37.3 Å². The SMILES string of the molecule is Cc1ccccc1CN1Cc2ccccc2CC(NCc2cnccc2Cc2ccc(C#N)cc2)C1=O. The molecule has 2 heterocycles. The topological polar surface area (TPSA) is 69.0 Å². The van der Waals surface area contributed by atoms with Crippen LogP contribution in [0.4, 0.5) is 0 Å². The van der Waals surface area contributed by atoms with Crippen molar-refractivity contribution in [2.24, 2.45) is 0 Å². The zero-order valence-electron chi connectivity index (χ0n) is 21.0. The summed E-state index contributed by atoms with van der Waals surface area (Å²) in [7, 11) is 0. The van der Waals surface area contributed by atoms with E-state index in [0.717, 1.165) is 23.1 Å². The van der Waals surface area contributed by atoms with E-state index in [2.05, 4.69) is 47.6 Å². The van der Waals surface area contributed by atoms with Crippen LogP contribution in [0.3, 0.4) is 0 Å². The van der Waals surface area contributed by atoms with Gasteiger partial charge in [-0.25, -0.2) is 0 Å². The Hall–Kier alpha value is -4.27. The first-order valence-corrected chi connectivity index (χ1v) is 12.6. The lowest BCUT2D eigenvalue weighted by Crippen LogP contribution is -2.45. The maximum atomic E-state index is 13.8. The summed E-state index contributed by atoms with van der Waals surface area (Å²) in [4.78, 5) is 20.1. The van der Waals surface area contributed by atoms with E-state index in [9.17, 15) is 4.79 Å². The number of fused-ring (bicyclic) bond motifs is 1. The Morgan fingerprint density at radius 3 is 2.49 bits per heavy atom. The number of hydrogen-bond donors (Lipinski definition) is 1. The molecule has 0 saturated carbocycles. The lowest BCUT2D eigenvalue weighted by molar-refractivity contribution is -0.134. The van der Waals surface area contributed by atoms with E-state index in [1.54, 1.807) is 6.20 Å². The van der Waals surface area contributed by atoms with Crippen molar-refractivity contribution in [2.45, 2.75) is 45.4 Å². The summed E-state index contributed by atoms with van der Waals surface area (Å²) in [5.74, 6) is 0.122. The molecule has 37 heavy (non-hydrogen) atoms. The fourth-order valence-electron chi connectivity index (χ4n) is 4.95. The van der Waals surface area contributed by atoms with Crippen LogP contribution in [0.5, 0.6) is 0 Å². The molecule has 0 aliphatic carbocycles. The Balaban J connectivity index is 1.36. The highest BCUT2D eigenvalue weighted by molar-refractivity contribution is 5.83. The standard InChI is InChI=1S/C32H30N4O/c1-23-6-2-3-8-28(23)21-36-22-29-9-5-4-7-26(29)17-31(32(36)37)35-20-30-19-34-15-14-27(30)16-24-10-12-25(18-33)13-11-24/h2-15,19,31,35H,16-17,20-22H2,1H3. The van der Waals surface area contributed by atoms with Crippen molar-refractivity contribution >= 4 is 5.91 Å². The average Bonchev–Trinajstić information content (AvgIpc) is 3.06. The van der Waals surface area contributed by atoms with Crippen LogP contribution in [0.15, 0.2) is 91.3 Å². The maximum absolute atomic E-state index is 13.8. The molecule has 0 fully saturated rings. The third-order valence-corrected chi connectivity index (χ3v) is 7.16. The zero-order chi connectivity index (χ0) is 25.6. The van der Waals surface area contributed by atoms with Gasteiger partial charge in [0.1, 0.15) is 0 Å². The summed E-state index contributed by atoms with van der Waals surface area (Å²) in [6.45, 7) is 3.85. The highest BCUT2D eigenvalue weighted by Gasteiger charge is 2.29. The van der Waals surface area contributed by atoms with E-state index in [0.29, 0.717) is 31.6 Å². The van der Waals surface area contributed by atoms with Crippen LogP contribution in [0.2, 0.25) is 0 Å². The van der Waals surface area contributed by atoms with Gasteiger partial charge in [-0.2, -0.15) is 5.26 Å². The molecule has 1 aliphatic heterocycles. The normalized spacial score (nSPS) is 15.1. The van der Waals surface area contributed by atoms with Crippen LogP contribution in [0.25, 0.3) is 0 Å². The molecule has 0 bridgehead atoms. The lowest BCUT2D eigenvalue weighted by Gasteiger charge is -2.26. The zero-order valence-corrected chi connectivity index (χ0v) is 21.0. The molecule has 0 radical (unpaired) electrons. The largest absolute Gasteiger partial charge is 0.333 e. The van der Waals surface area contributed by atoms with E-state index < -0.39 is 0 Å². The molecule has 5 heteroatoms. The van der Waals surface area contributed by atoms with Gasteiger partial charge >= 0.3 is 0 Å². The quantitative estimate of drug-likeness (QED) is 0.395.